The molecular formula is C21H20N2O5S. The molecule has 1 amide bonds. The molecule has 3 rings (SSSR count). The first kappa shape index (κ1) is 20.5. The van der Waals surface area contributed by atoms with Gasteiger partial charge in [0.05, 0.1) is 29.9 Å². The molecule has 150 valence electrons. The second-order valence-corrected chi connectivity index (χ2v) is 7.16. The normalized spacial score (nSPS) is 16.2. The molecule has 1 fully saturated rings. The topological polar surface area (TPSA) is 97.2 Å². The molecular weight excluding hydrogens is 392 g/mol. The van der Waals surface area contributed by atoms with Crippen LogP contribution in [0.25, 0.3) is 6.08 Å². The van der Waals surface area contributed by atoms with Crippen molar-refractivity contribution in [2.75, 3.05) is 13.7 Å². The molecule has 8 heteroatoms. The molecule has 1 aliphatic heterocycles. The highest BCUT2D eigenvalue weighted by Gasteiger charge is 2.24. The molecule has 0 aromatic heterocycles. The van der Waals surface area contributed by atoms with E-state index < -0.39 is 5.97 Å². The zero-order valence-corrected chi connectivity index (χ0v) is 17.0. The molecule has 0 bridgehead atoms. The van der Waals surface area contributed by atoms with Crippen LogP contribution in [0.3, 0.4) is 0 Å². The SMILES string of the molecule is CCOc1ccc(C=C2SC(=Nc3cc(C(=O)O)ccc3C)NC2=O)cc1OC. The van der Waals surface area contributed by atoms with Crippen LogP contribution < -0.4 is 14.8 Å². The van der Waals surface area contributed by atoms with E-state index in [0.29, 0.717) is 33.9 Å². The van der Waals surface area contributed by atoms with Crippen molar-refractivity contribution in [2.45, 2.75) is 13.8 Å². The molecule has 29 heavy (non-hydrogen) atoms. The second-order valence-electron chi connectivity index (χ2n) is 6.13. The van der Waals surface area contributed by atoms with Crippen LogP contribution in [-0.4, -0.2) is 35.9 Å². The van der Waals surface area contributed by atoms with Crippen molar-refractivity contribution in [2.24, 2.45) is 4.99 Å². The smallest absolute Gasteiger partial charge is 0.335 e. The summed E-state index contributed by atoms with van der Waals surface area (Å²) in [5, 5.41) is 12.3. The molecule has 0 saturated carbocycles. The number of aliphatic imine (C=N–C) groups is 1. The molecule has 0 radical (unpaired) electrons. The van der Waals surface area contributed by atoms with Gasteiger partial charge in [0.2, 0.25) is 0 Å². The van der Waals surface area contributed by atoms with Crippen molar-refractivity contribution < 1.29 is 24.2 Å². The van der Waals surface area contributed by atoms with Crippen LogP contribution >= 0.6 is 11.8 Å². The molecule has 0 spiro atoms. The number of benzene rings is 2. The van der Waals surface area contributed by atoms with Crippen LogP contribution in [0.2, 0.25) is 0 Å². The number of carboxylic acid groups (broad SMARTS) is 1. The van der Waals surface area contributed by atoms with E-state index in [2.05, 4.69) is 10.3 Å². The van der Waals surface area contributed by atoms with Crippen molar-refractivity contribution in [3.05, 3.63) is 58.0 Å². The van der Waals surface area contributed by atoms with Crippen molar-refractivity contribution in [1.29, 1.82) is 0 Å². The number of aryl methyl sites for hydroxylation is 1. The molecule has 1 saturated heterocycles. The lowest BCUT2D eigenvalue weighted by Crippen LogP contribution is -2.19. The van der Waals surface area contributed by atoms with Gasteiger partial charge in [-0.05, 0) is 67.1 Å². The molecule has 0 atom stereocenters. The average Bonchev–Trinajstić information content (AvgIpc) is 3.03. The number of hydrogen-bond donors (Lipinski definition) is 2. The van der Waals surface area contributed by atoms with Crippen molar-refractivity contribution in [3.63, 3.8) is 0 Å². The maximum atomic E-state index is 12.3. The second kappa shape index (κ2) is 8.83. The van der Waals surface area contributed by atoms with E-state index in [1.54, 1.807) is 31.4 Å². The first-order valence-electron chi connectivity index (χ1n) is 8.85. The molecule has 2 N–H and O–H groups in total. The number of methoxy groups -OCH3 is 1. The number of carboxylic acids is 1. The third-order valence-corrected chi connectivity index (χ3v) is 5.02. The highest BCUT2D eigenvalue weighted by molar-refractivity contribution is 8.18. The number of thioether (sulfide) groups is 1. The Kier molecular flexibility index (Phi) is 6.23. The third-order valence-electron chi connectivity index (χ3n) is 4.11. The van der Waals surface area contributed by atoms with Crippen molar-refractivity contribution >= 4 is 40.6 Å². The summed E-state index contributed by atoms with van der Waals surface area (Å²) in [6.07, 6.45) is 1.74. The number of amidine groups is 1. The lowest BCUT2D eigenvalue weighted by molar-refractivity contribution is -0.115. The Balaban J connectivity index is 1.86. The van der Waals surface area contributed by atoms with Gasteiger partial charge in [-0.1, -0.05) is 12.1 Å². The van der Waals surface area contributed by atoms with Crippen LogP contribution in [0, 0.1) is 6.92 Å². The summed E-state index contributed by atoms with van der Waals surface area (Å²) in [4.78, 5) is 28.4. The van der Waals surface area contributed by atoms with E-state index in [0.717, 1.165) is 11.1 Å². The summed E-state index contributed by atoms with van der Waals surface area (Å²) in [6.45, 7) is 4.25. The van der Waals surface area contributed by atoms with Gasteiger partial charge < -0.3 is 19.9 Å². The standard InChI is InChI=1S/C21H20N2O5S/c1-4-28-16-8-6-13(9-17(16)27-3)10-18-19(24)23-21(29-18)22-15-11-14(20(25)26)7-5-12(15)2/h5-11H,4H2,1-3H3,(H,25,26)(H,22,23,24). The van der Waals surface area contributed by atoms with E-state index in [4.69, 9.17) is 14.6 Å². The zero-order valence-electron chi connectivity index (χ0n) is 16.2. The number of amides is 1. The lowest BCUT2D eigenvalue weighted by atomic mass is 10.1. The Hall–Kier alpha value is -3.26. The average molecular weight is 412 g/mol. The molecule has 0 unspecified atom stereocenters. The van der Waals surface area contributed by atoms with Crippen molar-refractivity contribution in [1.82, 2.24) is 5.32 Å². The highest BCUT2D eigenvalue weighted by atomic mass is 32.2. The monoisotopic (exact) mass is 412 g/mol. The number of aromatic carboxylic acids is 1. The van der Waals surface area contributed by atoms with Gasteiger partial charge in [0.15, 0.2) is 16.7 Å². The molecule has 2 aromatic rings. The van der Waals surface area contributed by atoms with Crippen LogP contribution in [0.15, 0.2) is 46.3 Å². The first-order valence-corrected chi connectivity index (χ1v) is 9.67. The number of ether oxygens (including phenoxy) is 2. The van der Waals surface area contributed by atoms with Gasteiger partial charge in [0, 0.05) is 0 Å². The Morgan fingerprint density at radius 3 is 2.72 bits per heavy atom. The number of rotatable bonds is 6. The van der Waals surface area contributed by atoms with E-state index >= 15 is 0 Å². The lowest BCUT2D eigenvalue weighted by Gasteiger charge is -2.09. The van der Waals surface area contributed by atoms with Crippen LogP contribution in [0.5, 0.6) is 11.5 Å². The van der Waals surface area contributed by atoms with Gasteiger partial charge in [-0.15, -0.1) is 0 Å². The largest absolute Gasteiger partial charge is 0.493 e. The Morgan fingerprint density at radius 1 is 1.24 bits per heavy atom. The van der Waals surface area contributed by atoms with Crippen LogP contribution in [0.4, 0.5) is 5.69 Å². The number of hydrogen-bond acceptors (Lipinski definition) is 6. The maximum Gasteiger partial charge on any atom is 0.335 e. The van der Waals surface area contributed by atoms with Gasteiger partial charge in [0.1, 0.15) is 0 Å². The summed E-state index contributed by atoms with van der Waals surface area (Å²) in [7, 11) is 1.56. The van der Waals surface area contributed by atoms with E-state index in [9.17, 15) is 9.59 Å². The summed E-state index contributed by atoms with van der Waals surface area (Å²) in [5.41, 5.74) is 2.23. The van der Waals surface area contributed by atoms with Gasteiger partial charge >= 0.3 is 5.97 Å². The minimum absolute atomic E-state index is 0.140. The number of nitrogens with one attached hydrogen (secondary N) is 1. The number of carbonyl (C=O) groups excluding carboxylic acids is 1. The Bertz CT molecular complexity index is 1030. The predicted molar refractivity (Wildman–Crippen MR) is 113 cm³/mol. The molecule has 2 aromatic carbocycles. The minimum Gasteiger partial charge on any atom is -0.493 e. The summed E-state index contributed by atoms with van der Waals surface area (Å²) < 4.78 is 10.8. The number of nitrogens with zero attached hydrogens (tertiary/aromatic N) is 1. The first-order chi connectivity index (χ1) is 13.9. The molecule has 1 aliphatic rings. The van der Waals surface area contributed by atoms with E-state index in [-0.39, 0.29) is 11.5 Å². The fourth-order valence-electron chi connectivity index (χ4n) is 2.65. The fourth-order valence-corrected chi connectivity index (χ4v) is 3.49. The zero-order chi connectivity index (χ0) is 21.0. The van der Waals surface area contributed by atoms with Crippen LogP contribution in [-0.2, 0) is 4.79 Å². The third kappa shape index (κ3) is 4.78. The van der Waals surface area contributed by atoms with Gasteiger partial charge in [0.25, 0.3) is 5.91 Å². The summed E-state index contributed by atoms with van der Waals surface area (Å²) >= 11 is 1.19. The van der Waals surface area contributed by atoms with Gasteiger partial charge in [-0.3, -0.25) is 4.79 Å². The molecule has 0 aliphatic carbocycles. The quantitative estimate of drug-likeness (QED) is 0.697. The molecule has 1 heterocycles. The number of carbonyl (C=O) groups is 2. The van der Waals surface area contributed by atoms with Crippen LogP contribution in [0.1, 0.15) is 28.4 Å². The Labute approximate surface area is 172 Å². The van der Waals surface area contributed by atoms with Gasteiger partial charge in [-0.2, -0.15) is 0 Å². The molecule has 7 nitrogen and oxygen atoms in total. The van der Waals surface area contributed by atoms with Gasteiger partial charge in [-0.25, -0.2) is 9.79 Å². The predicted octanol–water partition coefficient (Wildman–Crippen LogP) is 3.99. The summed E-state index contributed by atoms with van der Waals surface area (Å²) in [6, 6.07) is 10.1. The maximum absolute atomic E-state index is 12.3. The Morgan fingerprint density at radius 2 is 2.03 bits per heavy atom. The fraction of sp³-hybridized carbons (Fsp3) is 0.190. The van der Waals surface area contributed by atoms with E-state index in [1.165, 1.54) is 23.9 Å². The minimum atomic E-state index is -1.03. The highest BCUT2D eigenvalue weighted by Crippen LogP contribution is 2.32. The van der Waals surface area contributed by atoms with E-state index in [1.807, 2.05) is 19.9 Å². The van der Waals surface area contributed by atoms with Crippen molar-refractivity contribution in [3.8, 4) is 11.5 Å². The summed E-state index contributed by atoms with van der Waals surface area (Å²) in [5.74, 6) is -0.0791.